The van der Waals surface area contributed by atoms with E-state index in [2.05, 4.69) is 17.5 Å². The maximum Gasteiger partial charge on any atom is 0.248 e. The smallest absolute Gasteiger partial charge is 0.248 e. The fourth-order valence-electron chi connectivity index (χ4n) is 0.543. The number of amides is 2. The van der Waals surface area contributed by atoms with Crippen molar-refractivity contribution in [3.05, 3.63) is 0 Å². The average molecular weight is 176 g/mol. The van der Waals surface area contributed by atoms with E-state index in [1.165, 1.54) is 0 Å². The van der Waals surface area contributed by atoms with Crippen LogP contribution in [0.25, 0.3) is 0 Å². The molecule has 6 heteroatoms. The van der Waals surface area contributed by atoms with Crippen molar-refractivity contribution >= 4 is 40.1 Å². The van der Waals surface area contributed by atoms with Crippen molar-refractivity contribution in [3.63, 3.8) is 0 Å². The number of thiocarbonyl (C=S) groups is 1. The van der Waals surface area contributed by atoms with Gasteiger partial charge >= 0.3 is 0 Å². The molecule has 1 rings (SSSR count). The number of nitrogens with two attached hydrogens (primary N) is 1. The highest BCUT2D eigenvalue weighted by Crippen LogP contribution is 2.18. The van der Waals surface area contributed by atoms with Gasteiger partial charge in [0.05, 0.1) is 0 Å². The van der Waals surface area contributed by atoms with E-state index in [1.807, 2.05) is 0 Å². The minimum atomic E-state index is -0.826. The summed E-state index contributed by atoms with van der Waals surface area (Å²) >= 11 is 5.59. The van der Waals surface area contributed by atoms with Crippen LogP contribution in [0.15, 0.2) is 0 Å². The predicted octanol–water partition coefficient (Wildman–Crippen LogP) is -1.01. The summed E-state index contributed by atoms with van der Waals surface area (Å²) in [6.07, 6.45) is 0. The summed E-state index contributed by atoms with van der Waals surface area (Å²) in [5.74, 6) is -1.06. The lowest BCUT2D eigenvalue weighted by Gasteiger charge is -1.95. The number of thioether (sulfide) groups is 1. The Morgan fingerprint density at radius 1 is 1.80 bits per heavy atom. The van der Waals surface area contributed by atoms with Gasteiger partial charge in [-0.3, -0.25) is 9.59 Å². The SMILES string of the molecule is NC(=O)C1SC(=S)NC1=O. The van der Waals surface area contributed by atoms with Gasteiger partial charge in [0.2, 0.25) is 11.8 Å². The summed E-state index contributed by atoms with van der Waals surface area (Å²) < 4.78 is 0.314. The molecule has 4 nitrogen and oxygen atoms in total. The predicted molar refractivity (Wildman–Crippen MR) is 41.3 cm³/mol. The van der Waals surface area contributed by atoms with Crippen LogP contribution < -0.4 is 11.1 Å². The van der Waals surface area contributed by atoms with E-state index in [9.17, 15) is 9.59 Å². The Hall–Kier alpha value is -0.620. The molecule has 0 aromatic carbocycles. The molecule has 1 atom stereocenters. The quantitative estimate of drug-likeness (QED) is 0.396. The number of hydrogen-bond donors (Lipinski definition) is 2. The Morgan fingerprint density at radius 3 is 2.60 bits per heavy atom. The van der Waals surface area contributed by atoms with Crippen LogP contribution in [0.3, 0.4) is 0 Å². The largest absolute Gasteiger partial charge is 0.368 e. The zero-order valence-electron chi connectivity index (χ0n) is 4.79. The number of carbonyl (C=O) groups excluding carboxylic acids is 2. The summed E-state index contributed by atoms with van der Waals surface area (Å²) in [7, 11) is 0. The molecule has 0 aromatic rings. The second-order valence-corrected chi connectivity index (χ2v) is 3.46. The van der Waals surface area contributed by atoms with Gasteiger partial charge in [-0.15, -0.1) is 0 Å². The second kappa shape index (κ2) is 2.55. The molecule has 0 aliphatic carbocycles. The second-order valence-electron chi connectivity index (χ2n) is 1.68. The number of primary amides is 1. The van der Waals surface area contributed by atoms with Crippen LogP contribution >= 0.6 is 24.0 Å². The van der Waals surface area contributed by atoms with Gasteiger partial charge in [0.25, 0.3) is 0 Å². The first-order valence-electron chi connectivity index (χ1n) is 2.42. The van der Waals surface area contributed by atoms with Crippen LogP contribution in [-0.2, 0) is 9.59 Å². The van der Waals surface area contributed by atoms with Crippen LogP contribution in [0.1, 0.15) is 0 Å². The van der Waals surface area contributed by atoms with Gasteiger partial charge in [0.15, 0.2) is 5.25 Å². The first-order chi connectivity index (χ1) is 4.61. The average Bonchev–Trinajstić information content (AvgIpc) is 2.10. The fourth-order valence-corrected chi connectivity index (χ4v) is 1.59. The van der Waals surface area contributed by atoms with Crippen LogP contribution in [0, 0.1) is 0 Å². The van der Waals surface area contributed by atoms with Crippen molar-refractivity contribution in [2.45, 2.75) is 5.25 Å². The molecule has 1 unspecified atom stereocenters. The van der Waals surface area contributed by atoms with Gasteiger partial charge in [0, 0.05) is 0 Å². The Balaban J connectivity index is 2.72. The monoisotopic (exact) mass is 176 g/mol. The van der Waals surface area contributed by atoms with E-state index in [-0.39, 0.29) is 0 Å². The van der Waals surface area contributed by atoms with Gasteiger partial charge in [-0.1, -0.05) is 24.0 Å². The number of hydrogen-bond acceptors (Lipinski definition) is 4. The Morgan fingerprint density at radius 2 is 2.40 bits per heavy atom. The standard InChI is InChI=1S/C4H4N2O2S2/c5-2(7)1-3(8)6-4(9)10-1/h1H,(H2,5,7)(H,6,8,9). The van der Waals surface area contributed by atoms with Crippen LogP contribution in [-0.4, -0.2) is 21.4 Å². The highest BCUT2D eigenvalue weighted by atomic mass is 32.2. The van der Waals surface area contributed by atoms with Crippen LogP contribution in [0.2, 0.25) is 0 Å². The molecule has 54 valence electrons. The van der Waals surface area contributed by atoms with Gasteiger partial charge in [0.1, 0.15) is 4.32 Å². The Kier molecular flexibility index (Phi) is 1.91. The van der Waals surface area contributed by atoms with Crippen LogP contribution in [0.5, 0.6) is 0 Å². The molecule has 1 heterocycles. The highest BCUT2D eigenvalue weighted by Gasteiger charge is 2.33. The maximum atomic E-state index is 10.7. The maximum absolute atomic E-state index is 10.7. The van der Waals surface area contributed by atoms with Crippen molar-refractivity contribution in [3.8, 4) is 0 Å². The Labute approximate surface area is 66.5 Å². The first kappa shape index (κ1) is 7.49. The molecular formula is C4H4N2O2S2. The summed E-state index contributed by atoms with van der Waals surface area (Å²) in [5.41, 5.74) is 4.87. The van der Waals surface area contributed by atoms with Gasteiger partial charge < -0.3 is 11.1 Å². The zero-order valence-corrected chi connectivity index (χ0v) is 6.42. The minimum absolute atomic E-state index is 0.314. The van der Waals surface area contributed by atoms with Crippen LogP contribution in [0.4, 0.5) is 0 Å². The van der Waals surface area contributed by atoms with Gasteiger partial charge in [-0.2, -0.15) is 0 Å². The normalized spacial score (nSPS) is 24.6. The topological polar surface area (TPSA) is 72.2 Å². The molecule has 1 fully saturated rings. The third kappa shape index (κ3) is 1.27. The first-order valence-corrected chi connectivity index (χ1v) is 3.71. The molecule has 1 saturated heterocycles. The molecule has 0 radical (unpaired) electrons. The van der Waals surface area contributed by atoms with Gasteiger partial charge in [-0.25, -0.2) is 0 Å². The lowest BCUT2D eigenvalue weighted by atomic mass is 10.4. The minimum Gasteiger partial charge on any atom is -0.368 e. The third-order valence-corrected chi connectivity index (χ3v) is 2.34. The molecule has 10 heavy (non-hydrogen) atoms. The van der Waals surface area contributed by atoms with Crippen molar-refractivity contribution in [2.24, 2.45) is 5.73 Å². The summed E-state index contributed by atoms with van der Waals surface area (Å²) in [5, 5.41) is 1.48. The molecule has 0 aromatic heterocycles. The summed E-state index contributed by atoms with van der Waals surface area (Å²) in [6, 6.07) is 0. The van der Waals surface area contributed by atoms with E-state index in [0.29, 0.717) is 4.32 Å². The van der Waals surface area contributed by atoms with E-state index in [4.69, 9.17) is 5.73 Å². The molecule has 3 N–H and O–H groups in total. The molecule has 0 saturated carbocycles. The lowest BCUT2D eigenvalue weighted by molar-refractivity contribution is -0.125. The third-order valence-electron chi connectivity index (χ3n) is 0.947. The number of nitrogens with one attached hydrogen (secondary N) is 1. The fraction of sp³-hybridized carbons (Fsp3) is 0.250. The Bertz CT molecular complexity index is 215. The van der Waals surface area contributed by atoms with E-state index in [0.717, 1.165) is 11.8 Å². The lowest BCUT2D eigenvalue weighted by Crippen LogP contribution is -2.34. The highest BCUT2D eigenvalue weighted by molar-refractivity contribution is 8.24. The molecular weight excluding hydrogens is 172 g/mol. The summed E-state index contributed by atoms with van der Waals surface area (Å²) in [4.78, 5) is 21.1. The molecule has 0 spiro atoms. The number of rotatable bonds is 1. The van der Waals surface area contributed by atoms with E-state index in [1.54, 1.807) is 0 Å². The molecule has 0 bridgehead atoms. The molecule has 2 amide bonds. The zero-order chi connectivity index (χ0) is 7.72. The van der Waals surface area contributed by atoms with Crippen molar-refractivity contribution < 1.29 is 9.59 Å². The number of carbonyl (C=O) groups is 2. The molecule has 1 aliphatic rings. The van der Waals surface area contributed by atoms with E-state index < -0.39 is 17.1 Å². The van der Waals surface area contributed by atoms with Crippen molar-refractivity contribution in [1.82, 2.24) is 5.32 Å². The van der Waals surface area contributed by atoms with Crippen molar-refractivity contribution in [1.29, 1.82) is 0 Å². The van der Waals surface area contributed by atoms with E-state index >= 15 is 0 Å². The van der Waals surface area contributed by atoms with Gasteiger partial charge in [-0.05, 0) is 0 Å². The molecule has 1 aliphatic heterocycles. The summed E-state index contributed by atoms with van der Waals surface area (Å²) in [6.45, 7) is 0. The van der Waals surface area contributed by atoms with Crippen molar-refractivity contribution in [2.75, 3.05) is 0 Å².